The third kappa shape index (κ3) is 1.61. The van der Waals surface area contributed by atoms with Crippen LogP contribution >= 0.6 is 22.6 Å². The van der Waals surface area contributed by atoms with Crippen LogP contribution in [0.2, 0.25) is 0 Å². The summed E-state index contributed by atoms with van der Waals surface area (Å²) in [6.07, 6.45) is 0. The van der Waals surface area contributed by atoms with Crippen LogP contribution in [0, 0.1) is 3.57 Å². The van der Waals surface area contributed by atoms with Crippen LogP contribution in [0.5, 0.6) is 5.75 Å². The van der Waals surface area contributed by atoms with E-state index in [1.54, 1.807) is 19.2 Å². The molecule has 2 rings (SSSR count). The second-order valence-corrected chi connectivity index (χ2v) is 3.95. The van der Waals surface area contributed by atoms with E-state index in [-0.39, 0.29) is 5.63 Å². The van der Waals surface area contributed by atoms with Gasteiger partial charge in [-0.25, -0.2) is 4.79 Å². The maximum Gasteiger partial charge on any atom is 0.349 e. The molecule has 0 saturated carbocycles. The SMILES string of the molecule is COc1ccc2cc(I)c(=O)oc2c1. The largest absolute Gasteiger partial charge is 0.497 e. The minimum atomic E-state index is -0.314. The van der Waals surface area contributed by atoms with Gasteiger partial charge in [0.2, 0.25) is 0 Å². The third-order valence-electron chi connectivity index (χ3n) is 1.90. The first-order valence-electron chi connectivity index (χ1n) is 3.98. The van der Waals surface area contributed by atoms with Gasteiger partial charge in [-0.1, -0.05) is 0 Å². The topological polar surface area (TPSA) is 39.4 Å². The lowest BCUT2D eigenvalue weighted by Crippen LogP contribution is -2.01. The molecule has 0 radical (unpaired) electrons. The lowest BCUT2D eigenvalue weighted by atomic mass is 10.2. The Bertz CT molecular complexity index is 530. The van der Waals surface area contributed by atoms with E-state index >= 15 is 0 Å². The standard InChI is InChI=1S/C10H7IO3/c1-13-7-3-2-6-4-8(11)10(12)14-9(6)5-7/h2-5H,1H3. The van der Waals surface area contributed by atoms with Crippen molar-refractivity contribution in [2.45, 2.75) is 0 Å². The van der Waals surface area contributed by atoms with Crippen LogP contribution in [-0.2, 0) is 0 Å². The second kappa shape index (κ2) is 3.61. The molecule has 0 saturated heterocycles. The molecule has 0 bridgehead atoms. The molecule has 1 heterocycles. The summed E-state index contributed by atoms with van der Waals surface area (Å²) in [4.78, 5) is 11.2. The van der Waals surface area contributed by atoms with Crippen LogP contribution in [0.1, 0.15) is 0 Å². The van der Waals surface area contributed by atoms with Crippen molar-refractivity contribution in [1.82, 2.24) is 0 Å². The van der Waals surface area contributed by atoms with E-state index in [0.717, 1.165) is 5.39 Å². The fourth-order valence-electron chi connectivity index (χ4n) is 1.19. The highest BCUT2D eigenvalue weighted by molar-refractivity contribution is 14.1. The molecule has 0 atom stereocenters. The number of rotatable bonds is 1. The monoisotopic (exact) mass is 302 g/mol. The first-order valence-corrected chi connectivity index (χ1v) is 5.06. The van der Waals surface area contributed by atoms with Crippen molar-refractivity contribution in [3.8, 4) is 5.75 Å². The second-order valence-electron chi connectivity index (χ2n) is 2.79. The Kier molecular flexibility index (Phi) is 2.45. The molecule has 0 aliphatic rings. The first kappa shape index (κ1) is 9.51. The molecule has 0 spiro atoms. The van der Waals surface area contributed by atoms with Crippen LogP contribution in [-0.4, -0.2) is 7.11 Å². The predicted octanol–water partition coefficient (Wildman–Crippen LogP) is 2.41. The highest BCUT2D eigenvalue weighted by atomic mass is 127. The van der Waals surface area contributed by atoms with Crippen LogP contribution in [0.15, 0.2) is 33.5 Å². The van der Waals surface area contributed by atoms with Crippen molar-refractivity contribution in [2.24, 2.45) is 0 Å². The average Bonchev–Trinajstić information content (AvgIpc) is 2.19. The molecule has 2 aromatic rings. The summed E-state index contributed by atoms with van der Waals surface area (Å²) < 4.78 is 10.7. The molecule has 0 fully saturated rings. The van der Waals surface area contributed by atoms with Crippen molar-refractivity contribution in [2.75, 3.05) is 7.11 Å². The fraction of sp³-hybridized carbons (Fsp3) is 0.100. The normalized spacial score (nSPS) is 10.4. The van der Waals surface area contributed by atoms with E-state index in [1.807, 2.05) is 34.7 Å². The van der Waals surface area contributed by atoms with Gasteiger partial charge in [-0.2, -0.15) is 0 Å². The molecule has 3 nitrogen and oxygen atoms in total. The Balaban J connectivity index is 2.77. The van der Waals surface area contributed by atoms with Crippen LogP contribution in [0.25, 0.3) is 11.0 Å². The number of ether oxygens (including phenoxy) is 1. The molecule has 4 heteroatoms. The van der Waals surface area contributed by atoms with Gasteiger partial charge in [0.1, 0.15) is 11.3 Å². The van der Waals surface area contributed by atoms with Gasteiger partial charge in [0.05, 0.1) is 10.7 Å². The van der Waals surface area contributed by atoms with Gasteiger partial charge < -0.3 is 9.15 Å². The van der Waals surface area contributed by atoms with E-state index < -0.39 is 0 Å². The van der Waals surface area contributed by atoms with E-state index in [2.05, 4.69) is 0 Å². The maximum absolute atomic E-state index is 11.2. The number of fused-ring (bicyclic) bond motifs is 1. The molecule has 0 amide bonds. The van der Waals surface area contributed by atoms with E-state index in [9.17, 15) is 4.79 Å². The summed E-state index contributed by atoms with van der Waals surface area (Å²) in [6, 6.07) is 7.19. The highest BCUT2D eigenvalue weighted by Gasteiger charge is 2.02. The zero-order valence-electron chi connectivity index (χ0n) is 7.41. The Hall–Kier alpha value is -1.04. The summed E-state index contributed by atoms with van der Waals surface area (Å²) in [5.74, 6) is 0.682. The average molecular weight is 302 g/mol. The van der Waals surface area contributed by atoms with Gasteiger partial charge in [0, 0.05) is 11.5 Å². The summed E-state index contributed by atoms with van der Waals surface area (Å²) in [6.45, 7) is 0. The van der Waals surface area contributed by atoms with Gasteiger partial charge in [-0.05, 0) is 40.8 Å². The molecule has 1 aromatic heterocycles. The van der Waals surface area contributed by atoms with E-state index in [1.165, 1.54) is 0 Å². The minimum Gasteiger partial charge on any atom is -0.497 e. The number of benzene rings is 1. The highest BCUT2D eigenvalue weighted by Crippen LogP contribution is 2.20. The maximum atomic E-state index is 11.2. The Labute approximate surface area is 93.8 Å². The van der Waals surface area contributed by atoms with E-state index in [0.29, 0.717) is 14.9 Å². The number of halogens is 1. The molecular weight excluding hydrogens is 295 g/mol. The zero-order valence-corrected chi connectivity index (χ0v) is 9.57. The van der Waals surface area contributed by atoms with Crippen molar-refractivity contribution in [3.63, 3.8) is 0 Å². The predicted molar refractivity (Wildman–Crippen MR) is 61.8 cm³/mol. The molecular formula is C10H7IO3. The Morgan fingerprint density at radius 3 is 2.86 bits per heavy atom. The van der Waals surface area contributed by atoms with Crippen molar-refractivity contribution in [3.05, 3.63) is 38.3 Å². The number of hydrogen-bond acceptors (Lipinski definition) is 3. The molecule has 0 unspecified atom stereocenters. The third-order valence-corrected chi connectivity index (χ3v) is 2.65. The summed E-state index contributed by atoms with van der Waals surface area (Å²) in [7, 11) is 1.58. The van der Waals surface area contributed by atoms with Crippen LogP contribution in [0.3, 0.4) is 0 Å². The lowest BCUT2D eigenvalue weighted by molar-refractivity contribution is 0.414. The fourth-order valence-corrected chi connectivity index (χ4v) is 1.64. The number of methoxy groups -OCH3 is 1. The lowest BCUT2D eigenvalue weighted by Gasteiger charge is -2.00. The summed E-state index contributed by atoms with van der Waals surface area (Å²) in [5.41, 5.74) is 0.237. The van der Waals surface area contributed by atoms with Gasteiger partial charge >= 0.3 is 5.63 Å². The smallest absolute Gasteiger partial charge is 0.349 e. The van der Waals surface area contributed by atoms with Gasteiger partial charge in [-0.15, -0.1) is 0 Å². The van der Waals surface area contributed by atoms with Crippen LogP contribution in [0.4, 0.5) is 0 Å². The van der Waals surface area contributed by atoms with Crippen molar-refractivity contribution >= 4 is 33.6 Å². The molecule has 0 aliphatic carbocycles. The van der Waals surface area contributed by atoms with Crippen LogP contribution < -0.4 is 10.4 Å². The molecule has 1 aromatic carbocycles. The Morgan fingerprint density at radius 2 is 2.14 bits per heavy atom. The number of hydrogen-bond donors (Lipinski definition) is 0. The minimum absolute atomic E-state index is 0.314. The summed E-state index contributed by atoms with van der Waals surface area (Å²) in [5, 5.41) is 0.898. The van der Waals surface area contributed by atoms with Crippen molar-refractivity contribution < 1.29 is 9.15 Å². The molecule has 14 heavy (non-hydrogen) atoms. The molecule has 0 aliphatic heterocycles. The Morgan fingerprint density at radius 1 is 1.36 bits per heavy atom. The van der Waals surface area contributed by atoms with E-state index in [4.69, 9.17) is 9.15 Å². The summed E-state index contributed by atoms with van der Waals surface area (Å²) >= 11 is 1.95. The van der Waals surface area contributed by atoms with Gasteiger partial charge in [0.25, 0.3) is 0 Å². The van der Waals surface area contributed by atoms with Gasteiger partial charge in [-0.3, -0.25) is 0 Å². The zero-order chi connectivity index (χ0) is 10.1. The molecule has 72 valence electrons. The quantitative estimate of drug-likeness (QED) is 0.600. The first-order chi connectivity index (χ1) is 6.70. The molecule has 0 N–H and O–H groups in total. The van der Waals surface area contributed by atoms with Gasteiger partial charge in [0.15, 0.2) is 0 Å². The van der Waals surface area contributed by atoms with Crippen molar-refractivity contribution in [1.29, 1.82) is 0 Å².